The summed E-state index contributed by atoms with van der Waals surface area (Å²) >= 11 is 1.70. The van der Waals surface area contributed by atoms with E-state index in [2.05, 4.69) is 5.92 Å². The van der Waals surface area contributed by atoms with Crippen LogP contribution in [0.1, 0.15) is 6.92 Å². The van der Waals surface area contributed by atoms with E-state index in [1.54, 1.807) is 11.8 Å². The van der Waals surface area contributed by atoms with Crippen LogP contribution in [0.4, 0.5) is 0 Å². The molecule has 0 aromatic carbocycles. The van der Waals surface area contributed by atoms with Crippen LogP contribution < -0.4 is 5.73 Å². The van der Waals surface area contributed by atoms with E-state index in [4.69, 9.17) is 12.2 Å². The molecule has 0 aliphatic heterocycles. The summed E-state index contributed by atoms with van der Waals surface area (Å²) in [7, 11) is 0. The number of terminal acetylenes is 1. The fourth-order valence-corrected chi connectivity index (χ4v) is 0.911. The molecule has 8 heavy (non-hydrogen) atoms. The van der Waals surface area contributed by atoms with E-state index in [0.717, 1.165) is 11.5 Å². The first-order valence-electron chi connectivity index (χ1n) is 2.54. The van der Waals surface area contributed by atoms with E-state index in [1.807, 2.05) is 6.92 Å². The monoisotopic (exact) mass is 129 g/mol. The van der Waals surface area contributed by atoms with Crippen LogP contribution in [0.3, 0.4) is 0 Å². The Morgan fingerprint density at radius 2 is 2.50 bits per heavy atom. The fraction of sp³-hybridized carbons (Fsp3) is 0.667. The molecule has 0 radical (unpaired) electrons. The molecule has 2 N–H and O–H groups in total. The molecule has 0 saturated carbocycles. The highest BCUT2D eigenvalue weighted by Gasteiger charge is 1.90. The Morgan fingerprint density at radius 1 is 1.88 bits per heavy atom. The zero-order valence-corrected chi connectivity index (χ0v) is 5.87. The Kier molecular flexibility index (Phi) is 4.93. The molecule has 0 fully saturated rings. The first-order valence-corrected chi connectivity index (χ1v) is 3.69. The lowest BCUT2D eigenvalue weighted by Crippen LogP contribution is -2.17. The zero-order chi connectivity index (χ0) is 6.41. The predicted molar refractivity (Wildman–Crippen MR) is 39.8 cm³/mol. The summed E-state index contributed by atoms with van der Waals surface area (Å²) < 4.78 is 0. The maximum absolute atomic E-state index is 5.44. The maximum atomic E-state index is 5.44. The quantitative estimate of drug-likeness (QED) is 0.448. The van der Waals surface area contributed by atoms with Crippen molar-refractivity contribution in [2.45, 2.75) is 13.0 Å². The smallest absolute Gasteiger partial charge is 0.0545 e. The second kappa shape index (κ2) is 5.02. The summed E-state index contributed by atoms with van der Waals surface area (Å²) in [4.78, 5) is 0. The van der Waals surface area contributed by atoms with Crippen LogP contribution in [-0.4, -0.2) is 17.5 Å². The third-order valence-electron chi connectivity index (χ3n) is 0.566. The summed E-state index contributed by atoms with van der Waals surface area (Å²) in [6, 6.07) is 0.272. The number of hydrogen-bond acceptors (Lipinski definition) is 2. The van der Waals surface area contributed by atoms with Crippen LogP contribution in [0.2, 0.25) is 0 Å². The van der Waals surface area contributed by atoms with Crippen LogP contribution in [0.5, 0.6) is 0 Å². The molecule has 1 nitrogen and oxygen atoms in total. The Labute approximate surface area is 55.0 Å². The number of rotatable bonds is 3. The number of thioether (sulfide) groups is 1. The minimum Gasteiger partial charge on any atom is -0.327 e. The first-order chi connectivity index (χ1) is 3.77. The average Bonchev–Trinajstić information content (AvgIpc) is 1.66. The molecule has 0 rings (SSSR count). The summed E-state index contributed by atoms with van der Waals surface area (Å²) in [6.45, 7) is 1.98. The van der Waals surface area contributed by atoms with Crippen molar-refractivity contribution in [2.75, 3.05) is 11.5 Å². The largest absolute Gasteiger partial charge is 0.327 e. The molecule has 0 spiro atoms. The van der Waals surface area contributed by atoms with Gasteiger partial charge < -0.3 is 5.73 Å². The van der Waals surface area contributed by atoms with Gasteiger partial charge in [-0.2, -0.15) is 0 Å². The van der Waals surface area contributed by atoms with E-state index in [1.165, 1.54) is 0 Å². The molecule has 0 bridgehead atoms. The number of hydrogen-bond donors (Lipinski definition) is 1. The molecule has 0 amide bonds. The fourth-order valence-electron chi connectivity index (χ4n) is 0.304. The lowest BCUT2D eigenvalue weighted by atomic mass is 10.4. The second-order valence-corrected chi connectivity index (χ2v) is 2.73. The molecule has 1 atom stereocenters. The second-order valence-electron chi connectivity index (χ2n) is 1.70. The Bertz CT molecular complexity index is 83.0. The van der Waals surface area contributed by atoms with Gasteiger partial charge in [-0.15, -0.1) is 18.2 Å². The van der Waals surface area contributed by atoms with Gasteiger partial charge in [0.15, 0.2) is 0 Å². The van der Waals surface area contributed by atoms with Crippen molar-refractivity contribution in [1.82, 2.24) is 0 Å². The van der Waals surface area contributed by atoms with Gasteiger partial charge in [0, 0.05) is 11.8 Å². The van der Waals surface area contributed by atoms with Gasteiger partial charge in [-0.05, 0) is 6.92 Å². The molecule has 0 aliphatic rings. The predicted octanol–water partition coefficient (Wildman–Crippen LogP) is 0.700. The summed E-state index contributed by atoms with van der Waals surface area (Å²) in [5.74, 6) is 4.27. The summed E-state index contributed by atoms with van der Waals surface area (Å²) in [5, 5.41) is 0. The highest BCUT2D eigenvalue weighted by Crippen LogP contribution is 1.98. The molecule has 1 unspecified atom stereocenters. The van der Waals surface area contributed by atoms with E-state index in [-0.39, 0.29) is 6.04 Å². The van der Waals surface area contributed by atoms with E-state index >= 15 is 0 Å². The summed E-state index contributed by atoms with van der Waals surface area (Å²) in [6.07, 6.45) is 5.00. The molecule has 0 aliphatic carbocycles. The molecular formula is C6H11NS. The number of nitrogens with two attached hydrogens (primary N) is 1. The van der Waals surface area contributed by atoms with Crippen molar-refractivity contribution in [3.63, 3.8) is 0 Å². The van der Waals surface area contributed by atoms with Crippen molar-refractivity contribution < 1.29 is 0 Å². The highest BCUT2D eigenvalue weighted by molar-refractivity contribution is 7.99. The maximum Gasteiger partial charge on any atom is 0.0545 e. The van der Waals surface area contributed by atoms with Crippen LogP contribution in [-0.2, 0) is 0 Å². The van der Waals surface area contributed by atoms with Gasteiger partial charge in [-0.1, -0.05) is 5.92 Å². The van der Waals surface area contributed by atoms with Crippen LogP contribution >= 0.6 is 11.8 Å². The zero-order valence-electron chi connectivity index (χ0n) is 5.05. The highest BCUT2D eigenvalue weighted by atomic mass is 32.2. The van der Waals surface area contributed by atoms with Gasteiger partial charge in [0.2, 0.25) is 0 Å². The van der Waals surface area contributed by atoms with Gasteiger partial charge in [0.1, 0.15) is 0 Å². The normalized spacial score (nSPS) is 12.6. The molecule has 46 valence electrons. The van der Waals surface area contributed by atoms with Crippen LogP contribution in [0.15, 0.2) is 0 Å². The van der Waals surface area contributed by atoms with E-state index in [0.29, 0.717) is 0 Å². The van der Waals surface area contributed by atoms with E-state index < -0.39 is 0 Å². The molecule has 0 aromatic heterocycles. The van der Waals surface area contributed by atoms with E-state index in [9.17, 15) is 0 Å². The van der Waals surface area contributed by atoms with Gasteiger partial charge in [-0.3, -0.25) is 0 Å². The van der Waals surface area contributed by atoms with Gasteiger partial charge >= 0.3 is 0 Å². The Balaban J connectivity index is 2.85. The Morgan fingerprint density at radius 3 is 2.88 bits per heavy atom. The SMILES string of the molecule is C#CCSCC(C)N. The van der Waals surface area contributed by atoms with Crippen molar-refractivity contribution in [3.8, 4) is 12.3 Å². The first kappa shape index (κ1) is 7.87. The molecule has 0 aromatic rings. The average molecular weight is 129 g/mol. The lowest BCUT2D eigenvalue weighted by Gasteiger charge is -1.99. The lowest BCUT2D eigenvalue weighted by molar-refractivity contribution is 0.848. The van der Waals surface area contributed by atoms with Crippen molar-refractivity contribution in [3.05, 3.63) is 0 Å². The minimum atomic E-state index is 0.272. The van der Waals surface area contributed by atoms with Crippen molar-refractivity contribution in [2.24, 2.45) is 5.73 Å². The molecular weight excluding hydrogens is 118 g/mol. The molecule has 0 saturated heterocycles. The van der Waals surface area contributed by atoms with Crippen LogP contribution in [0, 0.1) is 12.3 Å². The third kappa shape index (κ3) is 5.87. The topological polar surface area (TPSA) is 26.0 Å². The van der Waals surface area contributed by atoms with Crippen molar-refractivity contribution in [1.29, 1.82) is 0 Å². The van der Waals surface area contributed by atoms with Crippen LogP contribution in [0.25, 0.3) is 0 Å². The summed E-state index contributed by atoms with van der Waals surface area (Å²) in [5.41, 5.74) is 5.44. The van der Waals surface area contributed by atoms with Gasteiger partial charge in [-0.25, -0.2) is 0 Å². The molecule has 2 heteroatoms. The minimum absolute atomic E-state index is 0.272. The Hall–Kier alpha value is -0.130. The third-order valence-corrected chi connectivity index (χ3v) is 1.70. The van der Waals surface area contributed by atoms with Gasteiger partial charge in [0.05, 0.1) is 5.75 Å². The van der Waals surface area contributed by atoms with Crippen molar-refractivity contribution >= 4 is 11.8 Å². The molecule has 0 heterocycles. The standard InChI is InChI=1S/C6H11NS/c1-3-4-8-5-6(2)7/h1,6H,4-5,7H2,2H3. The van der Waals surface area contributed by atoms with Gasteiger partial charge in [0.25, 0.3) is 0 Å².